The van der Waals surface area contributed by atoms with E-state index in [1.54, 1.807) is 6.92 Å². The van der Waals surface area contributed by atoms with Crippen molar-refractivity contribution in [3.05, 3.63) is 35.5 Å². The minimum Gasteiger partial charge on any atom is -0.376 e. The smallest absolute Gasteiger partial charge is 0.376 e. The third kappa shape index (κ3) is 6.52. The summed E-state index contributed by atoms with van der Waals surface area (Å²) < 4.78 is 39.0. The van der Waals surface area contributed by atoms with Gasteiger partial charge in [-0.3, -0.25) is 14.9 Å². The summed E-state index contributed by atoms with van der Waals surface area (Å²) in [4.78, 5) is 28.6. The molecule has 3 rings (SSSR count). The fourth-order valence-electron chi connectivity index (χ4n) is 4.34. The molecule has 0 bridgehead atoms. The van der Waals surface area contributed by atoms with E-state index in [4.69, 9.17) is 0 Å². The molecule has 1 aliphatic rings. The zero-order valence-electron chi connectivity index (χ0n) is 19.8. The van der Waals surface area contributed by atoms with Crippen LogP contribution < -0.4 is 16.0 Å². The molecule has 0 saturated carbocycles. The van der Waals surface area contributed by atoms with Gasteiger partial charge in [0.15, 0.2) is 0 Å². The molecule has 0 spiro atoms. The van der Waals surface area contributed by atoms with E-state index in [1.165, 1.54) is 12.1 Å². The fraction of sp³-hybridized carbons (Fsp3) is 0.542. The maximum Gasteiger partial charge on any atom is 0.416 e. The van der Waals surface area contributed by atoms with Crippen LogP contribution in [0.25, 0.3) is 10.9 Å². The number of hydrogen-bond acceptors (Lipinski definition) is 5. The maximum atomic E-state index is 13.0. The summed E-state index contributed by atoms with van der Waals surface area (Å²) in [6, 6.07) is 4.65. The normalized spacial score (nSPS) is 22.1. The topological polar surface area (TPSA) is 130 Å². The second kappa shape index (κ2) is 10.3. The van der Waals surface area contributed by atoms with Gasteiger partial charge in [0.25, 0.3) is 5.91 Å². The highest BCUT2D eigenvalue weighted by Crippen LogP contribution is 2.31. The van der Waals surface area contributed by atoms with Crippen LogP contribution in [-0.4, -0.2) is 46.3 Å². The standard InChI is InChI=1S/C24H30F3N5O3/c1-13(2)8-19(21(33)30-17(12-28)11-15-6-7-29-23(15,3)35)32-22(34)20-10-14-9-16(24(25,26)27)4-5-18(14)31-20/h4-5,9-10,13,15,17,19,29,31,35H,6-8,11H2,1-3H3,(H,30,33)(H,32,34)/t15-,17-,19-,23?/m0/s1. The highest BCUT2D eigenvalue weighted by Gasteiger charge is 2.38. The average molecular weight is 494 g/mol. The molecule has 2 heterocycles. The maximum absolute atomic E-state index is 13.0. The molecule has 1 saturated heterocycles. The molecule has 5 N–H and O–H groups in total. The Morgan fingerprint density at radius 2 is 2.00 bits per heavy atom. The quantitative estimate of drug-likeness (QED) is 0.386. The molecule has 2 amide bonds. The Labute approximate surface area is 201 Å². The summed E-state index contributed by atoms with van der Waals surface area (Å²) in [5, 5.41) is 28.4. The summed E-state index contributed by atoms with van der Waals surface area (Å²) in [6.07, 6.45) is -3.32. The van der Waals surface area contributed by atoms with Gasteiger partial charge in [-0.15, -0.1) is 0 Å². The second-order valence-corrected chi connectivity index (χ2v) is 9.62. The van der Waals surface area contributed by atoms with Crippen LogP contribution in [0.15, 0.2) is 24.3 Å². The number of alkyl halides is 3. The first-order valence-electron chi connectivity index (χ1n) is 11.5. The first-order valence-corrected chi connectivity index (χ1v) is 11.5. The van der Waals surface area contributed by atoms with Crippen molar-refractivity contribution < 1.29 is 27.9 Å². The van der Waals surface area contributed by atoms with Gasteiger partial charge in [-0.25, -0.2) is 0 Å². The summed E-state index contributed by atoms with van der Waals surface area (Å²) in [6.45, 7) is 5.97. The number of H-pyrrole nitrogens is 1. The lowest BCUT2D eigenvalue weighted by atomic mass is 9.91. The van der Waals surface area contributed by atoms with Gasteiger partial charge in [-0.1, -0.05) is 13.8 Å². The Kier molecular flexibility index (Phi) is 7.77. The molecule has 1 fully saturated rings. The molecule has 1 unspecified atom stereocenters. The van der Waals surface area contributed by atoms with Crippen LogP contribution in [0, 0.1) is 23.2 Å². The minimum absolute atomic E-state index is 0.0193. The van der Waals surface area contributed by atoms with Crippen molar-refractivity contribution in [3.63, 3.8) is 0 Å². The lowest BCUT2D eigenvalue weighted by Gasteiger charge is -2.28. The van der Waals surface area contributed by atoms with Gasteiger partial charge >= 0.3 is 6.18 Å². The molecular formula is C24H30F3N5O3. The predicted octanol–water partition coefficient (Wildman–Crippen LogP) is 3.05. The first kappa shape index (κ1) is 26.5. The number of nitrogens with one attached hydrogen (secondary N) is 4. The molecule has 190 valence electrons. The second-order valence-electron chi connectivity index (χ2n) is 9.62. The number of aliphatic hydroxyl groups is 1. The number of carbonyl (C=O) groups is 2. The molecule has 2 aromatic rings. The molecule has 1 aliphatic heterocycles. The molecule has 1 aromatic carbocycles. The number of hydrogen-bond donors (Lipinski definition) is 5. The predicted molar refractivity (Wildman–Crippen MR) is 123 cm³/mol. The van der Waals surface area contributed by atoms with Crippen molar-refractivity contribution in [2.24, 2.45) is 11.8 Å². The van der Waals surface area contributed by atoms with E-state index in [0.717, 1.165) is 12.1 Å². The van der Waals surface area contributed by atoms with Crippen molar-refractivity contribution in [1.82, 2.24) is 20.9 Å². The van der Waals surface area contributed by atoms with Crippen molar-refractivity contribution in [3.8, 4) is 6.07 Å². The van der Waals surface area contributed by atoms with Crippen LogP contribution in [0.3, 0.4) is 0 Å². The Bertz CT molecular complexity index is 1120. The summed E-state index contributed by atoms with van der Waals surface area (Å²) in [7, 11) is 0. The number of benzene rings is 1. The molecule has 0 aliphatic carbocycles. The fourth-order valence-corrected chi connectivity index (χ4v) is 4.34. The van der Waals surface area contributed by atoms with E-state index in [0.29, 0.717) is 18.5 Å². The van der Waals surface area contributed by atoms with Crippen LogP contribution in [0.2, 0.25) is 0 Å². The minimum atomic E-state index is -4.51. The monoisotopic (exact) mass is 493 g/mol. The number of nitriles is 1. The molecule has 1 aromatic heterocycles. The van der Waals surface area contributed by atoms with Crippen molar-refractivity contribution in [1.29, 1.82) is 5.26 Å². The van der Waals surface area contributed by atoms with E-state index in [2.05, 4.69) is 20.9 Å². The third-order valence-corrected chi connectivity index (χ3v) is 6.28. The van der Waals surface area contributed by atoms with Crippen LogP contribution in [0.5, 0.6) is 0 Å². The van der Waals surface area contributed by atoms with Gasteiger partial charge in [-0.2, -0.15) is 18.4 Å². The Morgan fingerprint density at radius 3 is 2.57 bits per heavy atom. The highest BCUT2D eigenvalue weighted by atomic mass is 19.4. The summed E-state index contributed by atoms with van der Waals surface area (Å²) in [5.74, 6) is -1.38. The molecular weight excluding hydrogens is 463 g/mol. The number of fused-ring (bicyclic) bond motifs is 1. The Balaban J connectivity index is 1.72. The van der Waals surface area contributed by atoms with Gasteiger partial charge in [0.1, 0.15) is 23.5 Å². The van der Waals surface area contributed by atoms with E-state index < -0.39 is 41.4 Å². The molecule has 4 atom stereocenters. The van der Waals surface area contributed by atoms with E-state index >= 15 is 0 Å². The van der Waals surface area contributed by atoms with Crippen molar-refractivity contribution >= 4 is 22.7 Å². The number of halogens is 3. The molecule has 11 heteroatoms. The van der Waals surface area contributed by atoms with Gasteiger partial charge in [-0.05, 0) is 62.9 Å². The largest absolute Gasteiger partial charge is 0.416 e. The van der Waals surface area contributed by atoms with Gasteiger partial charge in [0.2, 0.25) is 5.91 Å². The number of aromatic nitrogens is 1. The number of nitrogens with zero attached hydrogens (tertiary/aromatic N) is 1. The number of aromatic amines is 1. The lowest BCUT2D eigenvalue weighted by molar-refractivity contribution is -0.137. The zero-order valence-corrected chi connectivity index (χ0v) is 19.8. The average Bonchev–Trinajstić information content (AvgIpc) is 3.33. The van der Waals surface area contributed by atoms with Crippen LogP contribution in [0.1, 0.15) is 56.1 Å². The van der Waals surface area contributed by atoms with Gasteiger partial charge in [0, 0.05) is 16.8 Å². The van der Waals surface area contributed by atoms with E-state index in [-0.39, 0.29) is 35.8 Å². The van der Waals surface area contributed by atoms with Crippen LogP contribution in [0.4, 0.5) is 13.2 Å². The summed E-state index contributed by atoms with van der Waals surface area (Å²) in [5.41, 5.74) is -1.58. The Hall–Kier alpha value is -3.10. The third-order valence-electron chi connectivity index (χ3n) is 6.28. The van der Waals surface area contributed by atoms with E-state index in [1.807, 2.05) is 19.9 Å². The van der Waals surface area contributed by atoms with Gasteiger partial charge < -0.3 is 20.7 Å². The van der Waals surface area contributed by atoms with Crippen LogP contribution >= 0.6 is 0 Å². The number of rotatable bonds is 8. The lowest BCUT2D eigenvalue weighted by Crippen LogP contribution is -2.51. The zero-order chi connectivity index (χ0) is 26.0. The Morgan fingerprint density at radius 1 is 1.29 bits per heavy atom. The van der Waals surface area contributed by atoms with Crippen molar-refractivity contribution in [2.75, 3.05) is 6.54 Å². The SMILES string of the molecule is CC(C)C[C@H](NC(=O)c1cc2cc(C(F)(F)F)ccc2[nH]1)C(=O)N[C@H](C#N)C[C@@H]1CCNC1(C)O. The molecule has 35 heavy (non-hydrogen) atoms. The van der Waals surface area contributed by atoms with Crippen LogP contribution in [-0.2, 0) is 11.0 Å². The molecule has 0 radical (unpaired) electrons. The highest BCUT2D eigenvalue weighted by molar-refractivity contribution is 6.00. The number of carbonyl (C=O) groups excluding carboxylic acids is 2. The molecule has 8 nitrogen and oxygen atoms in total. The first-order chi connectivity index (χ1) is 16.3. The number of amides is 2. The van der Waals surface area contributed by atoms with E-state index in [9.17, 15) is 33.1 Å². The summed E-state index contributed by atoms with van der Waals surface area (Å²) >= 11 is 0. The van der Waals surface area contributed by atoms with Crippen molar-refractivity contribution in [2.45, 2.75) is 64.0 Å². The van der Waals surface area contributed by atoms with Gasteiger partial charge in [0.05, 0.1) is 11.6 Å².